The van der Waals surface area contributed by atoms with Crippen LogP contribution in [-0.2, 0) is 0 Å². The van der Waals surface area contributed by atoms with Crippen LogP contribution in [0.1, 0.15) is 0 Å². The van der Waals surface area contributed by atoms with Crippen LogP contribution in [0.15, 0.2) is 47.3 Å². The lowest BCUT2D eigenvalue weighted by Crippen LogP contribution is -1.88. The maximum atomic E-state index is 11.0. The third-order valence-electron chi connectivity index (χ3n) is 1.94. The highest BCUT2D eigenvalue weighted by Gasteiger charge is 1.96. The lowest BCUT2D eigenvalue weighted by atomic mass is 10.2. The number of benzene rings is 1. The fourth-order valence-corrected chi connectivity index (χ4v) is 1.31. The molecule has 0 saturated heterocycles. The molecule has 0 aliphatic carbocycles. The van der Waals surface area contributed by atoms with E-state index < -0.39 is 0 Å². The highest BCUT2D eigenvalue weighted by molar-refractivity contribution is 5.86. The largest absolute Gasteiger partial charge is 0.507 e. The Balaban J connectivity index is 3.02. The van der Waals surface area contributed by atoms with Crippen LogP contribution in [0.4, 0.5) is 0 Å². The van der Waals surface area contributed by atoms with Gasteiger partial charge < -0.3 is 5.11 Å². The van der Waals surface area contributed by atoms with Gasteiger partial charge in [-0.05, 0) is 11.5 Å². The second-order valence-corrected chi connectivity index (χ2v) is 2.85. The Morgan fingerprint density at radius 3 is 2.62 bits per heavy atom. The van der Waals surface area contributed by atoms with Gasteiger partial charge in [0.2, 0.25) is 0 Å². The van der Waals surface area contributed by atoms with Crippen molar-refractivity contribution in [1.29, 1.82) is 0 Å². The van der Waals surface area contributed by atoms with E-state index in [2.05, 4.69) is 0 Å². The minimum Gasteiger partial charge on any atom is -0.507 e. The second kappa shape index (κ2) is 2.90. The third kappa shape index (κ3) is 1.38. The summed E-state index contributed by atoms with van der Waals surface area (Å²) in [6.45, 7) is 0. The average molecular weight is 172 g/mol. The number of rotatable bonds is 0. The first-order valence-electron chi connectivity index (χ1n) is 3.99. The zero-order valence-corrected chi connectivity index (χ0v) is 6.90. The van der Waals surface area contributed by atoms with Crippen LogP contribution in [0.3, 0.4) is 0 Å². The SMILES string of the molecule is O=c1ccc2ccccc2c(O)c1. The molecule has 2 aromatic rings. The predicted molar refractivity (Wildman–Crippen MR) is 51.9 cm³/mol. The quantitative estimate of drug-likeness (QED) is 0.659. The molecule has 0 spiro atoms. The zero-order chi connectivity index (χ0) is 9.26. The highest BCUT2D eigenvalue weighted by Crippen LogP contribution is 2.20. The van der Waals surface area contributed by atoms with Crippen molar-refractivity contribution >= 4 is 10.8 Å². The fraction of sp³-hybridized carbons (Fsp3) is 0. The Bertz CT molecular complexity index is 503. The van der Waals surface area contributed by atoms with Gasteiger partial charge in [0.05, 0.1) is 0 Å². The maximum Gasteiger partial charge on any atom is 0.182 e. The van der Waals surface area contributed by atoms with Crippen LogP contribution >= 0.6 is 0 Å². The van der Waals surface area contributed by atoms with Crippen molar-refractivity contribution < 1.29 is 5.11 Å². The topological polar surface area (TPSA) is 37.3 Å². The Morgan fingerprint density at radius 2 is 1.77 bits per heavy atom. The second-order valence-electron chi connectivity index (χ2n) is 2.85. The smallest absolute Gasteiger partial charge is 0.182 e. The summed E-state index contributed by atoms with van der Waals surface area (Å²) in [7, 11) is 0. The van der Waals surface area contributed by atoms with Gasteiger partial charge in [0.25, 0.3) is 0 Å². The van der Waals surface area contributed by atoms with Gasteiger partial charge in [-0.25, -0.2) is 0 Å². The fourth-order valence-electron chi connectivity index (χ4n) is 1.31. The van der Waals surface area contributed by atoms with Gasteiger partial charge in [-0.2, -0.15) is 0 Å². The van der Waals surface area contributed by atoms with Crippen molar-refractivity contribution in [3.8, 4) is 5.75 Å². The first kappa shape index (κ1) is 7.80. The monoisotopic (exact) mass is 172 g/mol. The van der Waals surface area contributed by atoms with Gasteiger partial charge in [-0.1, -0.05) is 30.3 Å². The summed E-state index contributed by atoms with van der Waals surface area (Å²) >= 11 is 0. The van der Waals surface area contributed by atoms with E-state index in [1.807, 2.05) is 18.2 Å². The summed E-state index contributed by atoms with van der Waals surface area (Å²) in [5, 5.41) is 11.1. The van der Waals surface area contributed by atoms with Crippen LogP contribution in [0.5, 0.6) is 5.75 Å². The van der Waals surface area contributed by atoms with E-state index >= 15 is 0 Å². The van der Waals surface area contributed by atoms with E-state index in [0.29, 0.717) is 5.39 Å². The van der Waals surface area contributed by atoms with Crippen molar-refractivity contribution in [2.45, 2.75) is 0 Å². The minimum atomic E-state index is -0.186. The van der Waals surface area contributed by atoms with Crippen LogP contribution in [0, 0.1) is 0 Å². The molecule has 0 radical (unpaired) electrons. The van der Waals surface area contributed by atoms with Gasteiger partial charge in [-0.15, -0.1) is 0 Å². The Morgan fingerprint density at radius 1 is 1.00 bits per heavy atom. The van der Waals surface area contributed by atoms with E-state index in [1.165, 1.54) is 12.1 Å². The maximum absolute atomic E-state index is 11.0. The summed E-state index contributed by atoms with van der Waals surface area (Å²) in [5.74, 6) is 0.0330. The van der Waals surface area contributed by atoms with Crippen molar-refractivity contribution in [1.82, 2.24) is 0 Å². The molecule has 0 atom stereocenters. The molecule has 0 fully saturated rings. The van der Waals surface area contributed by atoms with E-state index in [1.54, 1.807) is 12.1 Å². The van der Waals surface area contributed by atoms with Crippen molar-refractivity contribution in [3.63, 3.8) is 0 Å². The predicted octanol–water partition coefficient (Wildman–Crippen LogP) is 1.91. The molecule has 2 rings (SSSR count). The lowest BCUT2D eigenvalue weighted by molar-refractivity contribution is 0.481. The van der Waals surface area contributed by atoms with Crippen molar-refractivity contribution in [2.24, 2.45) is 0 Å². The van der Waals surface area contributed by atoms with Gasteiger partial charge in [0.15, 0.2) is 5.43 Å². The summed E-state index contributed by atoms with van der Waals surface area (Å²) in [4.78, 5) is 11.0. The highest BCUT2D eigenvalue weighted by atomic mass is 16.3. The van der Waals surface area contributed by atoms with Crippen LogP contribution in [0.2, 0.25) is 0 Å². The molecule has 2 heteroatoms. The molecule has 0 amide bonds. The van der Waals surface area contributed by atoms with Crippen LogP contribution in [-0.4, -0.2) is 5.11 Å². The summed E-state index contributed by atoms with van der Waals surface area (Å²) in [6, 6.07) is 11.7. The number of hydrogen-bond donors (Lipinski definition) is 1. The number of aromatic hydroxyl groups is 1. The normalized spacial score (nSPS) is 10.2. The molecule has 2 aromatic carbocycles. The van der Waals surface area contributed by atoms with E-state index in [4.69, 9.17) is 0 Å². The van der Waals surface area contributed by atoms with Gasteiger partial charge in [0.1, 0.15) is 5.75 Å². The van der Waals surface area contributed by atoms with E-state index in [-0.39, 0.29) is 11.2 Å². The molecule has 0 aliphatic heterocycles. The standard InChI is InChI=1S/C11H8O2/c12-9-6-5-8-3-1-2-4-10(8)11(13)7-9/h1-7,13H. The minimum absolute atomic E-state index is 0.0330. The molecule has 13 heavy (non-hydrogen) atoms. The Hall–Kier alpha value is -1.83. The molecule has 0 aliphatic rings. The zero-order valence-electron chi connectivity index (χ0n) is 6.90. The molecule has 2 nitrogen and oxygen atoms in total. The van der Waals surface area contributed by atoms with Gasteiger partial charge in [0, 0.05) is 11.5 Å². The van der Waals surface area contributed by atoms with Crippen LogP contribution in [0.25, 0.3) is 10.8 Å². The molecule has 64 valence electrons. The Kier molecular flexibility index (Phi) is 1.74. The third-order valence-corrected chi connectivity index (χ3v) is 1.94. The number of hydrogen-bond acceptors (Lipinski definition) is 2. The summed E-state index contributed by atoms with van der Waals surface area (Å²) < 4.78 is 0. The molecular formula is C11H8O2. The van der Waals surface area contributed by atoms with Gasteiger partial charge in [-0.3, -0.25) is 4.79 Å². The summed E-state index contributed by atoms with van der Waals surface area (Å²) in [6.07, 6.45) is 0. The molecule has 0 heterocycles. The van der Waals surface area contributed by atoms with Crippen LogP contribution < -0.4 is 5.43 Å². The molecule has 0 saturated carbocycles. The molecule has 1 N–H and O–H groups in total. The lowest BCUT2D eigenvalue weighted by Gasteiger charge is -1.92. The molecule has 0 bridgehead atoms. The first-order chi connectivity index (χ1) is 6.27. The molecular weight excluding hydrogens is 164 g/mol. The average Bonchev–Trinajstić information content (AvgIpc) is 2.27. The number of fused-ring (bicyclic) bond motifs is 1. The Labute approximate surface area is 75.1 Å². The van der Waals surface area contributed by atoms with Gasteiger partial charge >= 0.3 is 0 Å². The molecule has 0 unspecified atom stereocenters. The van der Waals surface area contributed by atoms with Crippen molar-refractivity contribution in [3.05, 3.63) is 52.7 Å². The van der Waals surface area contributed by atoms with Crippen molar-refractivity contribution in [2.75, 3.05) is 0 Å². The summed E-state index contributed by atoms with van der Waals surface area (Å²) in [5.41, 5.74) is -0.186. The van der Waals surface area contributed by atoms with E-state index in [0.717, 1.165) is 5.39 Å². The first-order valence-corrected chi connectivity index (χ1v) is 3.99. The molecule has 0 aromatic heterocycles. The van der Waals surface area contributed by atoms with E-state index in [9.17, 15) is 9.90 Å².